The molecule has 1 aromatic heterocycles. The molecule has 3 rings (SSSR count). The van der Waals surface area contributed by atoms with Crippen molar-refractivity contribution in [3.05, 3.63) is 28.4 Å². The molecule has 1 aromatic rings. The fourth-order valence-electron chi connectivity index (χ4n) is 3.51. The monoisotopic (exact) mass is 603 g/mol. The van der Waals surface area contributed by atoms with E-state index in [4.69, 9.17) is 25.7 Å². The lowest BCUT2D eigenvalue weighted by molar-refractivity contribution is -0.173. The van der Waals surface area contributed by atoms with E-state index < -0.39 is 53.5 Å². The van der Waals surface area contributed by atoms with Crippen LogP contribution >= 0.6 is 35.5 Å². The molecule has 2 aliphatic heterocycles. The average Bonchev–Trinajstić information content (AvgIpc) is 3.28. The van der Waals surface area contributed by atoms with Gasteiger partial charge < -0.3 is 31.0 Å². The van der Waals surface area contributed by atoms with Crippen molar-refractivity contribution in [1.29, 1.82) is 0 Å². The standard InChI is InChI=1S/C23H29N5O8S2.ClH/c1-5-6-12(13-9-38-21(24)26-13)16(29)27-14-17(30)28-15(11(7-34-22(25)33)8-37-18(14)28)19(31)35-10-36-20(32)23(2,3)4;/h6,9,14,18H,5,7-8,10H2,1-4H3,(H2,24,26)(H2,25,33)(H,27,29);1H/b12-6+;/t14-,18-;/m1./s1. The minimum atomic E-state index is -1.06. The Morgan fingerprint density at radius 1 is 1.23 bits per heavy atom. The number of hydrogen-bond acceptors (Lipinski definition) is 12. The second kappa shape index (κ2) is 13.2. The molecule has 0 radical (unpaired) electrons. The topological polar surface area (TPSA) is 193 Å². The van der Waals surface area contributed by atoms with Crippen molar-refractivity contribution < 1.29 is 38.2 Å². The Bertz CT molecular complexity index is 1210. The van der Waals surface area contributed by atoms with Gasteiger partial charge in [0, 0.05) is 16.7 Å². The van der Waals surface area contributed by atoms with E-state index in [0.29, 0.717) is 17.2 Å². The van der Waals surface area contributed by atoms with E-state index in [1.54, 1.807) is 32.2 Å². The first-order valence-corrected chi connectivity index (χ1v) is 13.4. The maximum atomic E-state index is 13.1. The number of ether oxygens (including phenoxy) is 3. The molecule has 13 nitrogen and oxygen atoms in total. The minimum absolute atomic E-state index is 0. The van der Waals surface area contributed by atoms with Gasteiger partial charge in [0.2, 0.25) is 6.79 Å². The Kier molecular flexibility index (Phi) is 10.8. The average molecular weight is 604 g/mol. The zero-order valence-electron chi connectivity index (χ0n) is 21.7. The number of hydrogen-bond donors (Lipinski definition) is 3. The molecule has 0 unspecified atom stereocenters. The van der Waals surface area contributed by atoms with Crippen molar-refractivity contribution >= 4 is 76.1 Å². The highest BCUT2D eigenvalue weighted by atomic mass is 35.5. The third-order valence-corrected chi connectivity index (χ3v) is 7.37. The predicted octanol–water partition coefficient (Wildman–Crippen LogP) is 1.78. The van der Waals surface area contributed by atoms with E-state index in [9.17, 15) is 24.0 Å². The summed E-state index contributed by atoms with van der Waals surface area (Å²) in [5, 5.41) is 4.03. The quantitative estimate of drug-likeness (QED) is 0.161. The van der Waals surface area contributed by atoms with Crippen LogP contribution < -0.4 is 16.8 Å². The number of fused-ring (bicyclic) bond motifs is 1. The van der Waals surface area contributed by atoms with Gasteiger partial charge in [-0.1, -0.05) is 13.0 Å². The van der Waals surface area contributed by atoms with Crippen molar-refractivity contribution in [1.82, 2.24) is 15.2 Å². The van der Waals surface area contributed by atoms with E-state index >= 15 is 0 Å². The van der Waals surface area contributed by atoms with Gasteiger partial charge in [-0.15, -0.1) is 35.5 Å². The largest absolute Gasteiger partial charge is 0.445 e. The summed E-state index contributed by atoms with van der Waals surface area (Å²) in [6, 6.07) is -0.941. The number of thiazole rings is 1. The molecule has 0 aromatic carbocycles. The summed E-state index contributed by atoms with van der Waals surface area (Å²) < 4.78 is 14.9. The third-order valence-electron chi connectivity index (χ3n) is 5.36. The first-order chi connectivity index (χ1) is 17.8. The van der Waals surface area contributed by atoms with Gasteiger partial charge in [0.15, 0.2) is 5.13 Å². The van der Waals surface area contributed by atoms with Gasteiger partial charge in [0.25, 0.3) is 11.8 Å². The molecule has 1 fully saturated rings. The Hall–Kier alpha value is -3.30. The number of amides is 3. The summed E-state index contributed by atoms with van der Waals surface area (Å²) in [6.45, 7) is 5.74. The van der Waals surface area contributed by atoms with Crippen LogP contribution in [0.15, 0.2) is 22.7 Å². The molecular formula is C23H30ClN5O8S2. The summed E-state index contributed by atoms with van der Waals surface area (Å²) in [7, 11) is 0. The number of β-lactam (4-membered cyclic amide) rings is 1. The Morgan fingerprint density at radius 3 is 2.49 bits per heavy atom. The first-order valence-electron chi connectivity index (χ1n) is 11.5. The number of aromatic nitrogens is 1. The van der Waals surface area contributed by atoms with E-state index in [0.717, 1.165) is 4.90 Å². The van der Waals surface area contributed by atoms with E-state index in [1.165, 1.54) is 23.1 Å². The molecule has 0 spiro atoms. The zero-order chi connectivity index (χ0) is 28.2. The summed E-state index contributed by atoms with van der Waals surface area (Å²) in [4.78, 5) is 67.6. The van der Waals surface area contributed by atoms with Gasteiger partial charge >= 0.3 is 18.0 Å². The molecule has 0 aliphatic carbocycles. The smallest absolute Gasteiger partial charge is 0.404 e. The second-order valence-electron chi connectivity index (χ2n) is 9.25. The van der Waals surface area contributed by atoms with E-state index in [2.05, 4.69) is 10.3 Å². The van der Waals surface area contributed by atoms with Gasteiger partial charge in [-0.2, -0.15) is 0 Å². The second-order valence-corrected chi connectivity index (χ2v) is 11.2. The number of esters is 2. The van der Waals surface area contributed by atoms with Gasteiger partial charge in [-0.3, -0.25) is 19.3 Å². The Balaban J connectivity index is 0.00000533. The Morgan fingerprint density at radius 2 is 1.92 bits per heavy atom. The molecule has 0 bridgehead atoms. The number of halogens is 1. The highest BCUT2D eigenvalue weighted by Gasteiger charge is 2.54. The lowest BCUT2D eigenvalue weighted by Crippen LogP contribution is -2.70. The number of thioether (sulfide) groups is 1. The van der Waals surface area contributed by atoms with Crippen molar-refractivity contribution in [3.8, 4) is 0 Å². The number of rotatable bonds is 9. The first kappa shape index (κ1) is 31.9. The number of primary amides is 1. The number of nitrogens with one attached hydrogen (secondary N) is 1. The van der Waals surface area contributed by atoms with E-state index in [1.807, 2.05) is 6.92 Å². The maximum absolute atomic E-state index is 13.1. The number of carbonyl (C=O) groups is 5. The fraction of sp³-hybridized carbons (Fsp3) is 0.478. The zero-order valence-corrected chi connectivity index (χ0v) is 24.1. The van der Waals surface area contributed by atoms with Crippen LogP contribution in [-0.4, -0.2) is 70.3 Å². The third kappa shape index (κ3) is 7.42. The van der Waals surface area contributed by atoms with Crippen LogP contribution in [0, 0.1) is 5.41 Å². The molecule has 3 amide bonds. The molecule has 214 valence electrons. The molecular weight excluding hydrogens is 574 g/mol. The van der Waals surface area contributed by atoms with Crippen LogP contribution in [0.5, 0.6) is 0 Å². The van der Waals surface area contributed by atoms with Crippen LogP contribution in [0.3, 0.4) is 0 Å². The summed E-state index contributed by atoms with van der Waals surface area (Å²) in [5.74, 6) is -2.45. The van der Waals surface area contributed by atoms with Crippen LogP contribution in [-0.2, 0) is 33.4 Å². The normalized spacial score (nSPS) is 18.8. The molecule has 5 N–H and O–H groups in total. The SMILES string of the molecule is CC/C=C(/C(=O)N[C@@H]1C(=O)N2C(C(=O)OCOC(=O)C(C)(C)C)=C(COC(N)=O)CS[C@H]12)c1csc(N)n1.Cl. The van der Waals surface area contributed by atoms with Gasteiger partial charge in [0.1, 0.15) is 23.7 Å². The number of allylic oxidation sites excluding steroid dienone is 1. The van der Waals surface area contributed by atoms with Crippen LogP contribution in [0.2, 0.25) is 0 Å². The molecule has 3 heterocycles. The summed E-state index contributed by atoms with van der Waals surface area (Å²) >= 11 is 2.45. The molecule has 0 saturated carbocycles. The van der Waals surface area contributed by atoms with Crippen molar-refractivity contribution in [2.45, 2.75) is 45.5 Å². The van der Waals surface area contributed by atoms with Gasteiger partial charge in [0.05, 0.1) is 16.7 Å². The number of nitrogens with two attached hydrogens (primary N) is 2. The molecule has 2 aliphatic rings. The van der Waals surface area contributed by atoms with Gasteiger partial charge in [-0.05, 0) is 27.2 Å². The lowest BCUT2D eigenvalue weighted by atomic mass is 9.98. The summed E-state index contributed by atoms with van der Waals surface area (Å²) in [5.41, 5.74) is 10.7. The van der Waals surface area contributed by atoms with Crippen LogP contribution in [0.4, 0.5) is 9.93 Å². The minimum Gasteiger partial charge on any atom is -0.445 e. The molecule has 2 atom stereocenters. The number of nitrogens with zero attached hydrogens (tertiary/aromatic N) is 2. The van der Waals surface area contributed by atoms with Crippen LogP contribution in [0.1, 0.15) is 39.8 Å². The predicted molar refractivity (Wildman–Crippen MR) is 146 cm³/mol. The van der Waals surface area contributed by atoms with Crippen LogP contribution in [0.25, 0.3) is 5.57 Å². The van der Waals surface area contributed by atoms with Crippen molar-refractivity contribution in [2.24, 2.45) is 11.1 Å². The fourth-order valence-corrected chi connectivity index (χ4v) is 5.40. The van der Waals surface area contributed by atoms with Crippen molar-refractivity contribution in [2.75, 3.05) is 24.9 Å². The lowest BCUT2D eigenvalue weighted by Gasteiger charge is -2.49. The summed E-state index contributed by atoms with van der Waals surface area (Å²) in [6.07, 6.45) is 1.17. The highest BCUT2D eigenvalue weighted by Crippen LogP contribution is 2.41. The Labute approximate surface area is 239 Å². The van der Waals surface area contributed by atoms with E-state index in [-0.39, 0.29) is 41.6 Å². The number of nitrogen functional groups attached to an aromatic ring is 1. The molecule has 16 heteroatoms. The number of carbonyl (C=O) groups excluding carboxylic acids is 5. The maximum Gasteiger partial charge on any atom is 0.404 e. The highest BCUT2D eigenvalue weighted by molar-refractivity contribution is 8.00. The molecule has 1 saturated heterocycles. The number of anilines is 1. The van der Waals surface area contributed by atoms with Crippen molar-refractivity contribution in [3.63, 3.8) is 0 Å². The van der Waals surface area contributed by atoms with Gasteiger partial charge in [-0.25, -0.2) is 14.6 Å². The molecule has 39 heavy (non-hydrogen) atoms.